The van der Waals surface area contributed by atoms with Gasteiger partial charge in [0.1, 0.15) is 0 Å². The molecular weight excluding hydrogens is 340 g/mol. The molecule has 0 unspecified atom stereocenters. The summed E-state index contributed by atoms with van der Waals surface area (Å²) in [7, 11) is 0. The van der Waals surface area contributed by atoms with Crippen LogP contribution < -0.4 is 10.6 Å². The van der Waals surface area contributed by atoms with E-state index in [0.29, 0.717) is 16.8 Å². The third kappa shape index (κ3) is 2.72. The molecule has 0 bridgehead atoms. The number of hydrogen-bond acceptors (Lipinski definition) is 5. The zero-order valence-corrected chi connectivity index (χ0v) is 14.4. The topological polar surface area (TPSA) is 63.0 Å². The van der Waals surface area contributed by atoms with Gasteiger partial charge in [-0.15, -0.1) is 0 Å². The fraction of sp³-hybridized carbons (Fsp3) is 0.118. The first-order chi connectivity index (χ1) is 11.7. The SMILES string of the molecule is CC1=C(c2nc(-c3ccccc3)no2)[C@@H](c2ccsc2)NC(=S)N1. The van der Waals surface area contributed by atoms with Crippen molar-refractivity contribution >= 4 is 34.2 Å². The van der Waals surface area contributed by atoms with Crippen LogP contribution in [0.4, 0.5) is 0 Å². The molecule has 0 aliphatic carbocycles. The van der Waals surface area contributed by atoms with Crippen molar-refractivity contribution < 1.29 is 4.52 Å². The second-order valence-electron chi connectivity index (χ2n) is 5.42. The minimum Gasteiger partial charge on any atom is -0.351 e. The predicted molar refractivity (Wildman–Crippen MR) is 98.3 cm³/mol. The van der Waals surface area contributed by atoms with Gasteiger partial charge in [0, 0.05) is 11.3 Å². The molecule has 0 fully saturated rings. The smallest absolute Gasteiger partial charge is 0.258 e. The summed E-state index contributed by atoms with van der Waals surface area (Å²) in [5.74, 6) is 1.06. The van der Waals surface area contributed by atoms with E-state index in [1.807, 2.05) is 42.6 Å². The molecule has 0 radical (unpaired) electrons. The molecule has 24 heavy (non-hydrogen) atoms. The summed E-state index contributed by atoms with van der Waals surface area (Å²) in [6.45, 7) is 1.97. The average Bonchev–Trinajstić information content (AvgIpc) is 3.27. The van der Waals surface area contributed by atoms with Crippen molar-refractivity contribution in [2.24, 2.45) is 0 Å². The zero-order chi connectivity index (χ0) is 16.5. The highest BCUT2D eigenvalue weighted by Crippen LogP contribution is 2.35. The number of thiocarbonyl (C=S) groups is 1. The maximum atomic E-state index is 5.55. The van der Waals surface area contributed by atoms with Gasteiger partial charge in [-0.05, 0) is 41.5 Å². The van der Waals surface area contributed by atoms with Gasteiger partial charge in [-0.25, -0.2) is 0 Å². The molecule has 3 heterocycles. The minimum absolute atomic E-state index is 0.103. The third-order valence-corrected chi connectivity index (χ3v) is 4.76. The Morgan fingerprint density at radius 2 is 2.04 bits per heavy atom. The fourth-order valence-electron chi connectivity index (χ4n) is 2.70. The van der Waals surface area contributed by atoms with Crippen molar-refractivity contribution in [1.29, 1.82) is 0 Å². The lowest BCUT2D eigenvalue weighted by atomic mass is 9.98. The Balaban J connectivity index is 1.77. The highest BCUT2D eigenvalue weighted by atomic mass is 32.1. The summed E-state index contributed by atoms with van der Waals surface area (Å²) in [6.07, 6.45) is 0. The summed E-state index contributed by atoms with van der Waals surface area (Å²) in [4.78, 5) is 4.58. The third-order valence-electron chi connectivity index (χ3n) is 3.83. The normalized spacial score (nSPS) is 17.5. The van der Waals surface area contributed by atoms with Crippen LogP contribution in [0.15, 0.2) is 57.4 Å². The van der Waals surface area contributed by atoms with Gasteiger partial charge in [-0.2, -0.15) is 16.3 Å². The van der Waals surface area contributed by atoms with Crippen LogP contribution in [0, 0.1) is 0 Å². The summed E-state index contributed by atoms with van der Waals surface area (Å²) in [6, 6.07) is 11.7. The Bertz CT molecular complexity index is 900. The summed E-state index contributed by atoms with van der Waals surface area (Å²) >= 11 is 6.94. The highest BCUT2D eigenvalue weighted by Gasteiger charge is 2.30. The maximum Gasteiger partial charge on any atom is 0.258 e. The second-order valence-corrected chi connectivity index (χ2v) is 6.60. The van der Waals surface area contributed by atoms with E-state index in [-0.39, 0.29) is 6.04 Å². The van der Waals surface area contributed by atoms with Crippen LogP contribution in [0.1, 0.15) is 24.4 Å². The first-order valence-corrected chi connectivity index (χ1v) is 8.77. The van der Waals surface area contributed by atoms with Crippen molar-refractivity contribution in [3.63, 3.8) is 0 Å². The number of rotatable bonds is 3. The van der Waals surface area contributed by atoms with Crippen LogP contribution >= 0.6 is 23.6 Å². The van der Waals surface area contributed by atoms with Crippen LogP contribution in [0.2, 0.25) is 0 Å². The molecule has 7 heteroatoms. The van der Waals surface area contributed by atoms with Gasteiger partial charge in [-0.3, -0.25) is 0 Å². The molecule has 4 rings (SSSR count). The van der Waals surface area contributed by atoms with Gasteiger partial charge in [0.05, 0.1) is 11.6 Å². The number of hydrogen-bond donors (Lipinski definition) is 2. The molecular formula is C17H14N4OS2. The van der Waals surface area contributed by atoms with Gasteiger partial charge in [0.25, 0.3) is 5.89 Å². The summed E-state index contributed by atoms with van der Waals surface area (Å²) in [5, 5.41) is 15.3. The molecule has 0 saturated carbocycles. The van der Waals surface area contributed by atoms with Crippen molar-refractivity contribution in [3.8, 4) is 11.4 Å². The first-order valence-electron chi connectivity index (χ1n) is 7.42. The van der Waals surface area contributed by atoms with Gasteiger partial charge in [0.2, 0.25) is 5.82 Å². The summed E-state index contributed by atoms with van der Waals surface area (Å²) in [5.41, 5.74) is 3.87. The molecule has 2 aromatic heterocycles. The largest absolute Gasteiger partial charge is 0.351 e. The van der Waals surface area contributed by atoms with Crippen LogP contribution in [-0.4, -0.2) is 15.3 Å². The molecule has 1 aromatic carbocycles. The van der Waals surface area contributed by atoms with E-state index in [9.17, 15) is 0 Å². The number of thiophene rings is 1. The van der Waals surface area contributed by atoms with E-state index >= 15 is 0 Å². The monoisotopic (exact) mass is 354 g/mol. The van der Waals surface area contributed by atoms with Crippen molar-refractivity contribution in [3.05, 3.63) is 64.3 Å². The lowest BCUT2D eigenvalue weighted by molar-refractivity contribution is 0.403. The molecule has 0 amide bonds. The molecule has 2 N–H and O–H groups in total. The number of benzene rings is 1. The standard InChI is InChI=1S/C17H14N4OS2/c1-10-13(14(19-17(23)18-10)12-7-8-24-9-12)16-20-15(21-22-16)11-5-3-2-4-6-11/h2-9,14H,1H3,(H2,18,19,23)/t14-/m1/s1. The van der Waals surface area contributed by atoms with E-state index in [1.165, 1.54) is 0 Å². The van der Waals surface area contributed by atoms with Gasteiger partial charge in [-0.1, -0.05) is 35.5 Å². The van der Waals surface area contributed by atoms with Gasteiger partial charge in [0.15, 0.2) is 5.11 Å². The molecule has 0 spiro atoms. The van der Waals surface area contributed by atoms with Crippen LogP contribution in [0.25, 0.3) is 17.0 Å². The summed E-state index contributed by atoms with van der Waals surface area (Å²) < 4.78 is 5.55. The van der Waals surface area contributed by atoms with E-state index in [4.69, 9.17) is 16.7 Å². The van der Waals surface area contributed by atoms with E-state index < -0.39 is 0 Å². The van der Waals surface area contributed by atoms with Crippen molar-refractivity contribution in [2.75, 3.05) is 0 Å². The quantitative estimate of drug-likeness (QED) is 0.699. The molecule has 0 saturated heterocycles. The predicted octanol–water partition coefficient (Wildman–Crippen LogP) is 3.75. The molecule has 5 nitrogen and oxygen atoms in total. The number of allylic oxidation sites excluding steroid dienone is 1. The fourth-order valence-corrected chi connectivity index (χ4v) is 3.66. The van der Waals surface area contributed by atoms with E-state index in [2.05, 4.69) is 32.2 Å². The Kier molecular flexibility index (Phi) is 3.87. The lowest BCUT2D eigenvalue weighted by Gasteiger charge is -2.28. The molecule has 3 aromatic rings. The van der Waals surface area contributed by atoms with Crippen LogP contribution in [-0.2, 0) is 0 Å². The van der Waals surface area contributed by atoms with Gasteiger partial charge < -0.3 is 15.2 Å². The number of aromatic nitrogens is 2. The first kappa shape index (κ1) is 15.0. The minimum atomic E-state index is -0.103. The Morgan fingerprint density at radius 3 is 2.79 bits per heavy atom. The Labute approximate surface area is 148 Å². The van der Waals surface area contributed by atoms with E-state index in [0.717, 1.165) is 22.4 Å². The molecule has 1 aliphatic rings. The zero-order valence-electron chi connectivity index (χ0n) is 12.8. The average molecular weight is 354 g/mol. The lowest BCUT2D eigenvalue weighted by Crippen LogP contribution is -2.42. The number of nitrogens with one attached hydrogen (secondary N) is 2. The van der Waals surface area contributed by atoms with Crippen LogP contribution in [0.3, 0.4) is 0 Å². The van der Waals surface area contributed by atoms with Crippen molar-refractivity contribution in [2.45, 2.75) is 13.0 Å². The highest BCUT2D eigenvalue weighted by molar-refractivity contribution is 7.80. The Hall–Kier alpha value is -2.51. The van der Waals surface area contributed by atoms with Gasteiger partial charge >= 0.3 is 0 Å². The van der Waals surface area contributed by atoms with Crippen molar-refractivity contribution in [1.82, 2.24) is 20.8 Å². The molecule has 120 valence electrons. The number of nitrogens with zero attached hydrogens (tertiary/aromatic N) is 2. The van der Waals surface area contributed by atoms with Crippen LogP contribution in [0.5, 0.6) is 0 Å². The van der Waals surface area contributed by atoms with E-state index in [1.54, 1.807) is 11.3 Å². The molecule has 1 aliphatic heterocycles. The molecule has 1 atom stereocenters. The maximum absolute atomic E-state index is 5.55. The Morgan fingerprint density at radius 1 is 1.21 bits per heavy atom. The second kappa shape index (κ2) is 6.18.